The zero-order valence-electron chi connectivity index (χ0n) is 15.3. The third-order valence-corrected chi connectivity index (χ3v) is 5.30. The molecule has 2 saturated heterocycles. The highest BCUT2D eigenvalue weighted by atomic mass is 16.2. The lowest BCUT2D eigenvalue weighted by Crippen LogP contribution is -2.32. The second-order valence-corrected chi connectivity index (χ2v) is 7.15. The minimum atomic E-state index is -0.320. The van der Waals surface area contributed by atoms with Gasteiger partial charge in [0.15, 0.2) is 0 Å². The van der Waals surface area contributed by atoms with Crippen LogP contribution in [0.4, 0.5) is 11.4 Å². The first-order valence-electron chi connectivity index (χ1n) is 9.54. The van der Waals surface area contributed by atoms with Gasteiger partial charge in [0, 0.05) is 43.6 Å². The van der Waals surface area contributed by atoms with Gasteiger partial charge < -0.3 is 15.1 Å². The molecule has 0 bridgehead atoms. The molecule has 140 valence electrons. The summed E-state index contributed by atoms with van der Waals surface area (Å²) in [5.41, 5.74) is 2.88. The van der Waals surface area contributed by atoms with Crippen LogP contribution < -0.4 is 15.1 Å². The normalized spacial score (nSPS) is 19.6. The van der Waals surface area contributed by atoms with Gasteiger partial charge in [-0.15, -0.1) is 0 Å². The van der Waals surface area contributed by atoms with Crippen molar-refractivity contribution in [2.24, 2.45) is 5.92 Å². The van der Waals surface area contributed by atoms with Crippen molar-refractivity contribution in [2.45, 2.75) is 25.8 Å². The van der Waals surface area contributed by atoms with Gasteiger partial charge in [0.1, 0.15) is 0 Å². The molecule has 2 amide bonds. The van der Waals surface area contributed by atoms with Crippen LogP contribution in [0.2, 0.25) is 0 Å². The molecule has 27 heavy (non-hydrogen) atoms. The Labute approximate surface area is 159 Å². The molecule has 1 aromatic carbocycles. The molecule has 2 aromatic rings. The third-order valence-electron chi connectivity index (χ3n) is 5.30. The molecule has 0 radical (unpaired) electrons. The van der Waals surface area contributed by atoms with Crippen LogP contribution >= 0.6 is 0 Å². The van der Waals surface area contributed by atoms with Crippen molar-refractivity contribution < 1.29 is 9.59 Å². The van der Waals surface area contributed by atoms with Gasteiger partial charge in [-0.3, -0.25) is 14.6 Å². The first-order chi connectivity index (χ1) is 13.2. The number of rotatable bonds is 5. The Kier molecular flexibility index (Phi) is 5.05. The number of nitrogens with one attached hydrogen (secondary N) is 1. The maximum Gasteiger partial charge on any atom is 0.227 e. The highest BCUT2D eigenvalue weighted by molar-refractivity contribution is 6.00. The van der Waals surface area contributed by atoms with Crippen molar-refractivity contribution in [3.8, 4) is 0 Å². The fourth-order valence-corrected chi connectivity index (χ4v) is 3.78. The number of nitrogens with zero attached hydrogens (tertiary/aromatic N) is 3. The molecule has 4 rings (SSSR count). The van der Waals surface area contributed by atoms with Crippen LogP contribution in [0.1, 0.15) is 25.0 Å². The largest absolute Gasteiger partial charge is 0.372 e. The van der Waals surface area contributed by atoms with E-state index < -0.39 is 0 Å². The molecule has 2 fully saturated rings. The summed E-state index contributed by atoms with van der Waals surface area (Å²) in [6.45, 7) is 3.01. The Morgan fingerprint density at radius 2 is 1.81 bits per heavy atom. The number of anilines is 2. The smallest absolute Gasteiger partial charge is 0.227 e. The average Bonchev–Trinajstić information content (AvgIpc) is 3.37. The predicted octanol–water partition coefficient (Wildman–Crippen LogP) is 2.35. The second kappa shape index (κ2) is 7.78. The number of benzene rings is 1. The molecule has 0 aliphatic carbocycles. The summed E-state index contributed by atoms with van der Waals surface area (Å²) in [4.78, 5) is 33.2. The maximum atomic E-state index is 12.4. The molecule has 6 heteroatoms. The van der Waals surface area contributed by atoms with Crippen molar-refractivity contribution in [3.63, 3.8) is 0 Å². The number of amides is 2. The lowest BCUT2D eigenvalue weighted by atomic mass is 10.1. The molecular weight excluding hydrogens is 340 g/mol. The van der Waals surface area contributed by atoms with E-state index in [1.54, 1.807) is 11.1 Å². The second-order valence-electron chi connectivity index (χ2n) is 7.15. The van der Waals surface area contributed by atoms with Gasteiger partial charge in [0.25, 0.3) is 0 Å². The predicted molar refractivity (Wildman–Crippen MR) is 104 cm³/mol. The number of pyridine rings is 1. The summed E-state index contributed by atoms with van der Waals surface area (Å²) in [7, 11) is 0. The molecule has 3 heterocycles. The van der Waals surface area contributed by atoms with E-state index in [9.17, 15) is 9.59 Å². The zero-order valence-corrected chi connectivity index (χ0v) is 15.3. The van der Waals surface area contributed by atoms with Crippen molar-refractivity contribution >= 4 is 23.2 Å². The number of hydrogen-bond donors (Lipinski definition) is 1. The number of carbonyl (C=O) groups is 2. The van der Waals surface area contributed by atoms with E-state index in [-0.39, 0.29) is 24.2 Å². The van der Waals surface area contributed by atoms with Gasteiger partial charge >= 0.3 is 0 Å². The van der Waals surface area contributed by atoms with E-state index in [4.69, 9.17) is 0 Å². The molecule has 0 spiro atoms. The van der Waals surface area contributed by atoms with Crippen LogP contribution in [0, 0.1) is 5.92 Å². The molecule has 1 atom stereocenters. The van der Waals surface area contributed by atoms with Gasteiger partial charge in [-0.25, -0.2) is 0 Å². The third kappa shape index (κ3) is 3.94. The van der Waals surface area contributed by atoms with Gasteiger partial charge in [0.05, 0.1) is 18.2 Å². The maximum absolute atomic E-state index is 12.4. The average molecular weight is 364 g/mol. The monoisotopic (exact) mass is 364 g/mol. The molecule has 1 N–H and O–H groups in total. The highest BCUT2D eigenvalue weighted by Crippen LogP contribution is 2.28. The van der Waals surface area contributed by atoms with E-state index in [2.05, 4.69) is 27.3 Å². The topological polar surface area (TPSA) is 65.5 Å². The van der Waals surface area contributed by atoms with Gasteiger partial charge in [-0.1, -0.05) is 6.07 Å². The summed E-state index contributed by atoms with van der Waals surface area (Å²) in [5.74, 6) is -0.411. The van der Waals surface area contributed by atoms with Crippen molar-refractivity contribution in [1.29, 1.82) is 0 Å². The first-order valence-corrected chi connectivity index (χ1v) is 9.54. The number of hydrogen-bond acceptors (Lipinski definition) is 4. The Morgan fingerprint density at radius 1 is 1.07 bits per heavy atom. The van der Waals surface area contributed by atoms with E-state index in [0.29, 0.717) is 13.1 Å². The van der Waals surface area contributed by atoms with Crippen LogP contribution in [0.3, 0.4) is 0 Å². The van der Waals surface area contributed by atoms with E-state index in [1.165, 1.54) is 18.5 Å². The fraction of sp³-hybridized carbons (Fsp3) is 0.381. The van der Waals surface area contributed by atoms with Crippen LogP contribution in [0.15, 0.2) is 48.7 Å². The van der Waals surface area contributed by atoms with Crippen molar-refractivity contribution in [1.82, 2.24) is 10.3 Å². The molecule has 1 unspecified atom stereocenters. The van der Waals surface area contributed by atoms with E-state index >= 15 is 0 Å². The fourth-order valence-electron chi connectivity index (χ4n) is 3.78. The molecule has 0 saturated carbocycles. The molecule has 2 aliphatic rings. The lowest BCUT2D eigenvalue weighted by molar-refractivity contribution is -0.126. The summed E-state index contributed by atoms with van der Waals surface area (Å²) in [6.07, 6.45) is 4.43. The summed E-state index contributed by atoms with van der Waals surface area (Å²) in [5, 5.41) is 2.89. The Hall–Kier alpha value is -2.89. The van der Waals surface area contributed by atoms with Gasteiger partial charge in [-0.2, -0.15) is 0 Å². The van der Waals surface area contributed by atoms with E-state index in [0.717, 1.165) is 24.5 Å². The molecule has 6 nitrogen and oxygen atoms in total. The summed E-state index contributed by atoms with van der Waals surface area (Å²) >= 11 is 0. The number of aromatic nitrogens is 1. The van der Waals surface area contributed by atoms with Crippen LogP contribution in [-0.2, 0) is 16.1 Å². The Bertz CT molecular complexity index is 801. The minimum Gasteiger partial charge on any atom is -0.372 e. The van der Waals surface area contributed by atoms with Crippen LogP contribution in [-0.4, -0.2) is 36.4 Å². The summed E-state index contributed by atoms with van der Waals surface area (Å²) < 4.78 is 0. The highest BCUT2D eigenvalue weighted by Gasteiger charge is 2.35. The minimum absolute atomic E-state index is 0.00177. The standard InChI is InChI=1S/C21H24N4O2/c26-20-13-16(21(27)23-14-17-5-1-2-10-22-17)15-25(20)19-8-6-18(7-9-19)24-11-3-4-12-24/h1-2,5-10,16H,3-4,11-15H2,(H,23,27). The Balaban J connectivity index is 1.36. The van der Waals surface area contributed by atoms with Gasteiger partial charge in [0.2, 0.25) is 11.8 Å². The summed E-state index contributed by atoms with van der Waals surface area (Å²) in [6, 6.07) is 13.7. The van der Waals surface area contributed by atoms with Crippen LogP contribution in [0.5, 0.6) is 0 Å². The van der Waals surface area contributed by atoms with E-state index in [1.807, 2.05) is 30.3 Å². The quantitative estimate of drug-likeness (QED) is 0.884. The molecule has 1 aromatic heterocycles. The molecule has 2 aliphatic heterocycles. The number of carbonyl (C=O) groups excluding carboxylic acids is 2. The first kappa shape index (κ1) is 17.5. The van der Waals surface area contributed by atoms with Crippen molar-refractivity contribution in [3.05, 3.63) is 54.4 Å². The molecular formula is C21H24N4O2. The SMILES string of the molecule is O=C(NCc1ccccn1)C1CC(=O)N(c2ccc(N3CCCC3)cc2)C1. The van der Waals surface area contributed by atoms with Crippen molar-refractivity contribution in [2.75, 3.05) is 29.4 Å². The van der Waals surface area contributed by atoms with Crippen LogP contribution in [0.25, 0.3) is 0 Å². The zero-order chi connectivity index (χ0) is 18.6. The van der Waals surface area contributed by atoms with Gasteiger partial charge in [-0.05, 0) is 49.2 Å². The Morgan fingerprint density at radius 3 is 2.52 bits per heavy atom. The lowest BCUT2D eigenvalue weighted by Gasteiger charge is -2.20.